The van der Waals surface area contributed by atoms with Crippen molar-refractivity contribution in [1.29, 1.82) is 0 Å². The first kappa shape index (κ1) is 22.5. The lowest BCUT2D eigenvalue weighted by molar-refractivity contribution is -0.133. The monoisotopic (exact) mass is 498 g/mol. The Morgan fingerprint density at radius 3 is 2.62 bits per heavy atom. The molecule has 7 nitrogen and oxygen atoms in total. The Bertz CT molecular complexity index is 1050. The van der Waals surface area contributed by atoms with Crippen LogP contribution in [0.15, 0.2) is 57.5 Å². The van der Waals surface area contributed by atoms with Crippen LogP contribution < -0.4 is 4.74 Å². The Balaban J connectivity index is 1.19. The topological polar surface area (TPSA) is 71.7 Å². The van der Waals surface area contributed by atoms with Crippen molar-refractivity contribution in [3.05, 3.63) is 64.5 Å². The first-order valence-corrected chi connectivity index (χ1v) is 11.7. The molecule has 0 spiro atoms. The molecule has 1 aliphatic heterocycles. The van der Waals surface area contributed by atoms with Gasteiger partial charge < -0.3 is 14.2 Å². The van der Waals surface area contributed by atoms with E-state index >= 15 is 0 Å². The number of hydrogen-bond acceptors (Lipinski definition) is 6. The van der Waals surface area contributed by atoms with Crippen LogP contribution in [0.3, 0.4) is 0 Å². The highest BCUT2D eigenvalue weighted by Gasteiger charge is 2.22. The molecule has 168 valence electrons. The van der Waals surface area contributed by atoms with Crippen molar-refractivity contribution in [3.8, 4) is 17.1 Å². The summed E-state index contributed by atoms with van der Waals surface area (Å²) in [6, 6.07) is 15.7. The third kappa shape index (κ3) is 5.75. The van der Waals surface area contributed by atoms with E-state index in [0.717, 1.165) is 34.4 Å². The van der Waals surface area contributed by atoms with Crippen LogP contribution in [-0.4, -0.2) is 58.6 Å². The molecule has 0 bridgehead atoms. The van der Waals surface area contributed by atoms with Crippen molar-refractivity contribution >= 4 is 21.8 Å². The number of piperazine rings is 1. The lowest BCUT2D eigenvalue weighted by atomic mass is 10.1. The Morgan fingerprint density at radius 1 is 1.09 bits per heavy atom. The Morgan fingerprint density at radius 2 is 1.84 bits per heavy atom. The normalized spacial score (nSPS) is 14.5. The van der Waals surface area contributed by atoms with Crippen molar-refractivity contribution in [2.45, 2.75) is 26.3 Å². The minimum Gasteiger partial charge on any atom is -0.492 e. The molecule has 1 amide bonds. The first-order chi connectivity index (χ1) is 15.6. The van der Waals surface area contributed by atoms with Gasteiger partial charge in [0.1, 0.15) is 5.75 Å². The lowest BCUT2D eigenvalue weighted by Gasteiger charge is -2.34. The summed E-state index contributed by atoms with van der Waals surface area (Å²) in [5.74, 6) is 2.21. The number of para-hydroxylation sites is 1. The molecule has 1 aliphatic rings. The first-order valence-electron chi connectivity index (χ1n) is 10.9. The molecule has 0 unspecified atom stereocenters. The fourth-order valence-corrected chi connectivity index (χ4v) is 4.12. The summed E-state index contributed by atoms with van der Waals surface area (Å²) in [6.45, 7) is 6.16. The van der Waals surface area contributed by atoms with Crippen molar-refractivity contribution < 1.29 is 14.1 Å². The summed E-state index contributed by atoms with van der Waals surface area (Å²) in [4.78, 5) is 21.3. The predicted molar refractivity (Wildman–Crippen MR) is 125 cm³/mol. The van der Waals surface area contributed by atoms with Crippen LogP contribution in [0, 0.1) is 6.92 Å². The van der Waals surface area contributed by atoms with E-state index < -0.39 is 0 Å². The third-order valence-electron chi connectivity index (χ3n) is 5.57. The second-order valence-electron chi connectivity index (χ2n) is 7.87. The number of amides is 1. The van der Waals surface area contributed by atoms with E-state index in [4.69, 9.17) is 9.26 Å². The average molecular weight is 499 g/mol. The van der Waals surface area contributed by atoms with Crippen molar-refractivity contribution in [2.75, 3.05) is 32.8 Å². The molecular formula is C24H27BrN4O3. The molecule has 0 radical (unpaired) electrons. The van der Waals surface area contributed by atoms with Gasteiger partial charge in [-0.3, -0.25) is 9.69 Å². The molecule has 3 aromatic rings. The minimum atomic E-state index is 0.181. The fourth-order valence-electron chi connectivity index (χ4n) is 3.72. The predicted octanol–water partition coefficient (Wildman–Crippen LogP) is 4.31. The standard InChI is InChI=1S/C24H27BrN4O3/c1-18-7-2-3-8-19(18)24-26-22(32-27-24)17-28-12-14-29(15-13-28)23(30)11-6-16-31-21-10-5-4-9-20(21)25/h2-5,7-10H,6,11-17H2,1H3. The molecule has 4 rings (SSSR count). The van der Waals surface area contributed by atoms with Crippen molar-refractivity contribution in [1.82, 2.24) is 19.9 Å². The van der Waals surface area contributed by atoms with E-state index in [1.165, 1.54) is 0 Å². The molecule has 0 N–H and O–H groups in total. The summed E-state index contributed by atoms with van der Waals surface area (Å²) in [6.07, 6.45) is 1.19. The van der Waals surface area contributed by atoms with E-state index in [2.05, 4.69) is 31.0 Å². The Labute approximate surface area is 196 Å². The summed E-state index contributed by atoms with van der Waals surface area (Å²) in [7, 11) is 0. The summed E-state index contributed by atoms with van der Waals surface area (Å²) >= 11 is 3.47. The van der Waals surface area contributed by atoms with Gasteiger partial charge in [-0.2, -0.15) is 4.98 Å². The number of aromatic nitrogens is 2. The summed E-state index contributed by atoms with van der Waals surface area (Å²) in [5, 5.41) is 4.13. The van der Waals surface area contributed by atoms with Crippen molar-refractivity contribution in [3.63, 3.8) is 0 Å². The third-order valence-corrected chi connectivity index (χ3v) is 6.22. The van der Waals surface area contributed by atoms with Crippen LogP contribution in [0.4, 0.5) is 0 Å². The van der Waals surface area contributed by atoms with Gasteiger partial charge in [-0.05, 0) is 47.0 Å². The highest BCUT2D eigenvalue weighted by Crippen LogP contribution is 2.24. The van der Waals surface area contributed by atoms with Crippen LogP contribution in [0.5, 0.6) is 5.75 Å². The van der Waals surface area contributed by atoms with E-state index in [1.54, 1.807) is 0 Å². The number of benzene rings is 2. The van der Waals surface area contributed by atoms with Gasteiger partial charge in [-0.25, -0.2) is 0 Å². The lowest BCUT2D eigenvalue weighted by Crippen LogP contribution is -2.48. The molecule has 1 saturated heterocycles. The van der Waals surface area contributed by atoms with E-state index in [1.807, 2.05) is 60.4 Å². The maximum atomic E-state index is 12.5. The van der Waals surface area contributed by atoms with Gasteiger partial charge in [0, 0.05) is 38.2 Å². The summed E-state index contributed by atoms with van der Waals surface area (Å²) < 4.78 is 12.1. The molecule has 32 heavy (non-hydrogen) atoms. The van der Waals surface area contributed by atoms with Gasteiger partial charge in [0.2, 0.25) is 17.6 Å². The van der Waals surface area contributed by atoms with Gasteiger partial charge in [-0.15, -0.1) is 0 Å². The zero-order chi connectivity index (χ0) is 22.3. The largest absolute Gasteiger partial charge is 0.492 e. The van der Waals surface area contributed by atoms with E-state index in [9.17, 15) is 4.79 Å². The van der Waals surface area contributed by atoms with Gasteiger partial charge in [-0.1, -0.05) is 41.6 Å². The van der Waals surface area contributed by atoms with Crippen LogP contribution in [-0.2, 0) is 11.3 Å². The van der Waals surface area contributed by atoms with Gasteiger partial charge in [0.15, 0.2) is 0 Å². The summed E-state index contributed by atoms with van der Waals surface area (Å²) in [5.41, 5.74) is 2.11. The molecular weight excluding hydrogens is 472 g/mol. The van der Waals surface area contributed by atoms with Gasteiger partial charge in [0.05, 0.1) is 17.6 Å². The van der Waals surface area contributed by atoms with E-state index in [-0.39, 0.29) is 5.91 Å². The average Bonchev–Trinajstić information content (AvgIpc) is 3.26. The number of nitrogens with zero attached hydrogens (tertiary/aromatic N) is 4. The molecule has 0 saturated carbocycles. The minimum absolute atomic E-state index is 0.181. The SMILES string of the molecule is Cc1ccccc1-c1noc(CN2CCN(C(=O)CCCOc3ccccc3Br)CC2)n1. The molecule has 1 aromatic heterocycles. The molecule has 0 aliphatic carbocycles. The highest BCUT2D eigenvalue weighted by molar-refractivity contribution is 9.10. The number of aryl methyl sites for hydroxylation is 1. The maximum absolute atomic E-state index is 12.5. The van der Waals surface area contributed by atoms with E-state index in [0.29, 0.717) is 50.8 Å². The van der Waals surface area contributed by atoms with Crippen LogP contribution in [0.1, 0.15) is 24.3 Å². The Kier molecular flexibility index (Phi) is 7.55. The quantitative estimate of drug-likeness (QED) is 0.431. The molecule has 2 aromatic carbocycles. The molecule has 1 fully saturated rings. The fraction of sp³-hybridized carbons (Fsp3) is 0.375. The molecule has 8 heteroatoms. The Hall–Kier alpha value is -2.71. The van der Waals surface area contributed by atoms with Crippen LogP contribution >= 0.6 is 15.9 Å². The van der Waals surface area contributed by atoms with Crippen LogP contribution in [0.25, 0.3) is 11.4 Å². The molecule has 0 atom stereocenters. The highest BCUT2D eigenvalue weighted by atomic mass is 79.9. The van der Waals surface area contributed by atoms with Crippen LogP contribution in [0.2, 0.25) is 0 Å². The maximum Gasteiger partial charge on any atom is 0.241 e. The van der Waals surface area contributed by atoms with Crippen molar-refractivity contribution in [2.24, 2.45) is 0 Å². The second kappa shape index (κ2) is 10.7. The number of halogens is 1. The zero-order valence-electron chi connectivity index (χ0n) is 18.2. The van der Waals surface area contributed by atoms with Gasteiger partial charge >= 0.3 is 0 Å². The second-order valence-corrected chi connectivity index (χ2v) is 8.72. The number of hydrogen-bond donors (Lipinski definition) is 0. The van der Waals surface area contributed by atoms with Gasteiger partial charge in [0.25, 0.3) is 0 Å². The number of carbonyl (C=O) groups is 1. The zero-order valence-corrected chi connectivity index (χ0v) is 19.8. The number of carbonyl (C=O) groups excluding carboxylic acids is 1. The number of ether oxygens (including phenoxy) is 1. The number of rotatable bonds is 8. The smallest absolute Gasteiger partial charge is 0.241 e. The molecule has 2 heterocycles.